The zero-order valence-electron chi connectivity index (χ0n) is 12.4. The molecular formula is C16H18FN3OS. The summed E-state index contributed by atoms with van der Waals surface area (Å²) < 4.78 is 13.8. The maximum Gasteiger partial charge on any atom is 0.237 e. The predicted octanol–water partition coefficient (Wildman–Crippen LogP) is 2.66. The summed E-state index contributed by atoms with van der Waals surface area (Å²) in [5.41, 5.74) is 1.41. The number of benzene rings is 1. The number of hydrogen-bond acceptors (Lipinski definition) is 4. The van der Waals surface area contributed by atoms with Gasteiger partial charge in [0.2, 0.25) is 5.91 Å². The summed E-state index contributed by atoms with van der Waals surface area (Å²) >= 11 is 1.43. The molecule has 2 aromatic rings. The van der Waals surface area contributed by atoms with Gasteiger partial charge in [-0.2, -0.15) is 0 Å². The molecule has 1 unspecified atom stereocenters. The SMILES string of the molecule is CC1C(=O)NCCCN1Cc1csc(-c2ccccc2F)n1. The van der Waals surface area contributed by atoms with Gasteiger partial charge in [0.1, 0.15) is 10.8 Å². The van der Waals surface area contributed by atoms with Gasteiger partial charge in [-0.3, -0.25) is 9.69 Å². The van der Waals surface area contributed by atoms with Gasteiger partial charge in [0.25, 0.3) is 0 Å². The molecule has 1 fully saturated rings. The third-order valence-corrected chi connectivity index (χ3v) is 4.79. The molecule has 0 bridgehead atoms. The number of aromatic nitrogens is 1. The Morgan fingerprint density at radius 2 is 2.27 bits per heavy atom. The minimum Gasteiger partial charge on any atom is -0.355 e. The molecule has 1 aromatic heterocycles. The van der Waals surface area contributed by atoms with E-state index in [9.17, 15) is 9.18 Å². The van der Waals surface area contributed by atoms with E-state index in [2.05, 4.69) is 15.2 Å². The summed E-state index contributed by atoms with van der Waals surface area (Å²) in [6.45, 7) is 4.09. The average Bonchev–Trinajstić information content (AvgIpc) is 2.92. The molecule has 3 rings (SSSR count). The fourth-order valence-corrected chi connectivity index (χ4v) is 3.40. The first-order chi connectivity index (χ1) is 10.6. The van der Waals surface area contributed by atoms with E-state index in [1.807, 2.05) is 12.3 Å². The monoisotopic (exact) mass is 319 g/mol. The standard InChI is InChI=1S/C16H18FN3OS/c1-11-15(21)18-7-4-8-20(11)9-12-10-22-16(19-12)13-5-2-3-6-14(13)17/h2-3,5-6,10-11H,4,7-9H2,1H3,(H,18,21). The highest BCUT2D eigenvalue weighted by atomic mass is 32.1. The number of carbonyl (C=O) groups excluding carboxylic acids is 1. The molecule has 4 nitrogen and oxygen atoms in total. The van der Waals surface area contributed by atoms with Crippen molar-refractivity contribution >= 4 is 17.2 Å². The van der Waals surface area contributed by atoms with Crippen LogP contribution in [-0.2, 0) is 11.3 Å². The highest BCUT2D eigenvalue weighted by Crippen LogP contribution is 2.26. The maximum absolute atomic E-state index is 13.8. The first-order valence-corrected chi connectivity index (χ1v) is 8.24. The molecule has 116 valence electrons. The minimum absolute atomic E-state index is 0.0575. The lowest BCUT2D eigenvalue weighted by Crippen LogP contribution is -2.41. The topological polar surface area (TPSA) is 45.2 Å². The molecule has 1 saturated heterocycles. The van der Waals surface area contributed by atoms with Crippen LogP contribution in [0.2, 0.25) is 0 Å². The summed E-state index contributed by atoms with van der Waals surface area (Å²) in [6.07, 6.45) is 0.931. The Bertz CT molecular complexity index is 673. The molecule has 0 radical (unpaired) electrons. The molecule has 0 aliphatic carbocycles. The van der Waals surface area contributed by atoms with Gasteiger partial charge in [-0.05, 0) is 25.5 Å². The second-order valence-electron chi connectivity index (χ2n) is 5.41. The number of rotatable bonds is 3. The number of carbonyl (C=O) groups is 1. The third-order valence-electron chi connectivity index (χ3n) is 3.87. The summed E-state index contributed by atoms with van der Waals surface area (Å²) in [6, 6.07) is 6.49. The fourth-order valence-electron chi connectivity index (χ4n) is 2.56. The normalized spacial score (nSPS) is 19.7. The summed E-state index contributed by atoms with van der Waals surface area (Å²) in [5.74, 6) is -0.201. The van der Waals surface area contributed by atoms with E-state index in [0.717, 1.165) is 25.2 Å². The summed E-state index contributed by atoms with van der Waals surface area (Å²) in [4.78, 5) is 18.5. The first kappa shape index (κ1) is 15.1. The van der Waals surface area contributed by atoms with E-state index in [1.165, 1.54) is 17.4 Å². The summed E-state index contributed by atoms with van der Waals surface area (Å²) in [7, 11) is 0. The number of nitrogens with one attached hydrogen (secondary N) is 1. The van der Waals surface area contributed by atoms with Crippen molar-refractivity contribution in [1.29, 1.82) is 0 Å². The smallest absolute Gasteiger partial charge is 0.237 e. The van der Waals surface area contributed by atoms with Gasteiger partial charge in [0, 0.05) is 30.6 Å². The van der Waals surface area contributed by atoms with E-state index in [4.69, 9.17) is 0 Å². The molecule has 0 spiro atoms. The van der Waals surface area contributed by atoms with Gasteiger partial charge < -0.3 is 5.32 Å². The van der Waals surface area contributed by atoms with Crippen LogP contribution < -0.4 is 5.32 Å². The van der Waals surface area contributed by atoms with Crippen LogP contribution in [0.5, 0.6) is 0 Å². The molecule has 1 amide bonds. The number of thiazole rings is 1. The first-order valence-electron chi connectivity index (χ1n) is 7.36. The van der Waals surface area contributed by atoms with E-state index in [-0.39, 0.29) is 17.8 Å². The van der Waals surface area contributed by atoms with Crippen LogP contribution in [0.3, 0.4) is 0 Å². The van der Waals surface area contributed by atoms with Crippen molar-refractivity contribution in [2.24, 2.45) is 0 Å². The number of halogens is 1. The molecule has 1 atom stereocenters. The Kier molecular flexibility index (Phi) is 4.49. The van der Waals surface area contributed by atoms with E-state index >= 15 is 0 Å². The van der Waals surface area contributed by atoms with Crippen LogP contribution >= 0.6 is 11.3 Å². The van der Waals surface area contributed by atoms with Gasteiger partial charge in [-0.15, -0.1) is 11.3 Å². The molecule has 1 aromatic carbocycles. The highest BCUT2D eigenvalue weighted by molar-refractivity contribution is 7.13. The van der Waals surface area contributed by atoms with Crippen molar-refractivity contribution < 1.29 is 9.18 Å². The highest BCUT2D eigenvalue weighted by Gasteiger charge is 2.24. The van der Waals surface area contributed by atoms with Crippen LogP contribution in [-0.4, -0.2) is 34.9 Å². The zero-order valence-corrected chi connectivity index (χ0v) is 13.2. The third kappa shape index (κ3) is 3.18. The molecule has 1 N–H and O–H groups in total. The van der Waals surface area contributed by atoms with E-state index < -0.39 is 0 Å². The molecule has 22 heavy (non-hydrogen) atoms. The second kappa shape index (κ2) is 6.54. The van der Waals surface area contributed by atoms with Crippen molar-refractivity contribution in [2.75, 3.05) is 13.1 Å². The van der Waals surface area contributed by atoms with Crippen molar-refractivity contribution in [3.63, 3.8) is 0 Å². The molecule has 2 heterocycles. The lowest BCUT2D eigenvalue weighted by molar-refractivity contribution is -0.125. The van der Waals surface area contributed by atoms with Gasteiger partial charge in [0.05, 0.1) is 11.7 Å². The molecular weight excluding hydrogens is 301 g/mol. The van der Waals surface area contributed by atoms with Crippen molar-refractivity contribution in [2.45, 2.75) is 25.9 Å². The largest absolute Gasteiger partial charge is 0.355 e. The van der Waals surface area contributed by atoms with Crippen molar-refractivity contribution in [1.82, 2.24) is 15.2 Å². The predicted molar refractivity (Wildman–Crippen MR) is 85.0 cm³/mol. The minimum atomic E-state index is -0.258. The Labute approximate surface area is 133 Å². The number of amides is 1. The molecule has 1 aliphatic heterocycles. The van der Waals surface area contributed by atoms with E-state index in [0.29, 0.717) is 17.1 Å². The lowest BCUT2D eigenvalue weighted by Gasteiger charge is -2.24. The lowest BCUT2D eigenvalue weighted by atomic mass is 10.2. The Morgan fingerprint density at radius 3 is 3.09 bits per heavy atom. The number of hydrogen-bond donors (Lipinski definition) is 1. The average molecular weight is 319 g/mol. The van der Waals surface area contributed by atoms with Crippen molar-refractivity contribution in [3.05, 3.63) is 41.2 Å². The van der Waals surface area contributed by atoms with Gasteiger partial charge >= 0.3 is 0 Å². The van der Waals surface area contributed by atoms with Crippen molar-refractivity contribution in [3.8, 4) is 10.6 Å². The Morgan fingerprint density at radius 1 is 1.45 bits per heavy atom. The fraction of sp³-hybridized carbons (Fsp3) is 0.375. The van der Waals surface area contributed by atoms with Crippen LogP contribution in [0.15, 0.2) is 29.6 Å². The Balaban J connectivity index is 1.77. The van der Waals surface area contributed by atoms with Gasteiger partial charge in [-0.25, -0.2) is 9.37 Å². The van der Waals surface area contributed by atoms with Gasteiger partial charge in [0.15, 0.2) is 0 Å². The van der Waals surface area contributed by atoms with Crippen LogP contribution in [0.1, 0.15) is 19.0 Å². The Hall–Kier alpha value is -1.79. The van der Waals surface area contributed by atoms with E-state index in [1.54, 1.807) is 18.2 Å². The maximum atomic E-state index is 13.8. The zero-order chi connectivity index (χ0) is 15.5. The van der Waals surface area contributed by atoms with Crippen LogP contribution in [0.4, 0.5) is 4.39 Å². The second-order valence-corrected chi connectivity index (χ2v) is 6.27. The molecule has 6 heteroatoms. The molecule has 1 aliphatic rings. The van der Waals surface area contributed by atoms with Gasteiger partial charge in [-0.1, -0.05) is 12.1 Å². The van der Waals surface area contributed by atoms with Crippen LogP contribution in [0.25, 0.3) is 10.6 Å². The quantitative estimate of drug-likeness (QED) is 0.946. The number of nitrogens with zero attached hydrogens (tertiary/aromatic N) is 2. The van der Waals surface area contributed by atoms with Crippen LogP contribution in [0, 0.1) is 5.82 Å². The summed E-state index contributed by atoms with van der Waals surface area (Å²) in [5, 5.41) is 5.52. The molecule has 0 saturated carbocycles.